The Bertz CT molecular complexity index is 606. The molecular formula is C15H16N2O2. The van der Waals surface area contributed by atoms with E-state index in [4.69, 9.17) is 14.7 Å². The first-order chi connectivity index (χ1) is 9.36. The van der Waals surface area contributed by atoms with Gasteiger partial charge in [0.25, 0.3) is 0 Å². The van der Waals surface area contributed by atoms with Gasteiger partial charge in [-0.3, -0.25) is 0 Å². The highest BCUT2D eigenvalue weighted by molar-refractivity contribution is 5.81. The van der Waals surface area contributed by atoms with Crippen LogP contribution in [0.3, 0.4) is 0 Å². The number of nitriles is 1. The van der Waals surface area contributed by atoms with Gasteiger partial charge in [-0.15, -0.1) is 0 Å². The fourth-order valence-corrected chi connectivity index (χ4v) is 2.41. The molecule has 98 valence electrons. The SMILES string of the molecule is N#Cc1ccc2c(ccn2CCC2OCCCO2)c1. The van der Waals surface area contributed by atoms with Crippen LogP contribution in [-0.4, -0.2) is 24.1 Å². The number of ether oxygens (including phenoxy) is 2. The summed E-state index contributed by atoms with van der Waals surface area (Å²) in [5, 5.41) is 9.99. The molecule has 0 atom stereocenters. The van der Waals surface area contributed by atoms with Gasteiger partial charge in [-0.25, -0.2) is 0 Å². The molecule has 0 N–H and O–H groups in total. The van der Waals surface area contributed by atoms with E-state index in [9.17, 15) is 0 Å². The zero-order valence-electron chi connectivity index (χ0n) is 10.7. The molecule has 2 heterocycles. The smallest absolute Gasteiger partial charge is 0.159 e. The minimum absolute atomic E-state index is 0.0791. The highest BCUT2D eigenvalue weighted by Crippen LogP contribution is 2.19. The van der Waals surface area contributed by atoms with E-state index in [1.54, 1.807) is 0 Å². The Morgan fingerprint density at radius 1 is 1.26 bits per heavy atom. The number of benzene rings is 1. The normalized spacial score (nSPS) is 16.6. The summed E-state index contributed by atoms with van der Waals surface area (Å²) in [5.74, 6) is 0. The molecule has 2 aromatic rings. The maximum absolute atomic E-state index is 8.89. The second-order valence-corrected chi connectivity index (χ2v) is 4.71. The Hall–Kier alpha value is -1.83. The van der Waals surface area contributed by atoms with Crippen LogP contribution in [-0.2, 0) is 16.0 Å². The standard InChI is InChI=1S/C15H16N2O2/c16-11-12-2-3-14-13(10-12)4-6-17(14)7-5-15-18-8-1-9-19-15/h2-4,6,10,15H,1,5,7-9H2. The number of fused-ring (bicyclic) bond motifs is 1. The third-order valence-corrected chi connectivity index (χ3v) is 3.40. The fraction of sp³-hybridized carbons (Fsp3) is 0.400. The first-order valence-corrected chi connectivity index (χ1v) is 6.59. The Labute approximate surface area is 112 Å². The van der Waals surface area contributed by atoms with Gasteiger partial charge in [-0.2, -0.15) is 5.26 Å². The predicted molar refractivity (Wildman–Crippen MR) is 71.6 cm³/mol. The first-order valence-electron chi connectivity index (χ1n) is 6.59. The van der Waals surface area contributed by atoms with Gasteiger partial charge in [0, 0.05) is 30.1 Å². The number of nitrogens with zero attached hydrogens (tertiary/aromatic N) is 2. The van der Waals surface area contributed by atoms with Crippen LogP contribution in [0.25, 0.3) is 10.9 Å². The van der Waals surface area contributed by atoms with Gasteiger partial charge in [0.05, 0.1) is 24.8 Å². The van der Waals surface area contributed by atoms with Crippen molar-refractivity contribution in [1.82, 2.24) is 4.57 Å². The Morgan fingerprint density at radius 2 is 2.11 bits per heavy atom. The van der Waals surface area contributed by atoms with E-state index < -0.39 is 0 Å². The molecule has 4 heteroatoms. The van der Waals surface area contributed by atoms with E-state index in [0.29, 0.717) is 5.56 Å². The van der Waals surface area contributed by atoms with Crippen LogP contribution in [0.1, 0.15) is 18.4 Å². The van der Waals surface area contributed by atoms with Crippen molar-refractivity contribution in [2.45, 2.75) is 25.7 Å². The molecule has 3 rings (SSSR count). The van der Waals surface area contributed by atoms with Gasteiger partial charge in [0.15, 0.2) is 6.29 Å². The lowest BCUT2D eigenvalue weighted by Gasteiger charge is -2.23. The lowest BCUT2D eigenvalue weighted by Crippen LogP contribution is -2.25. The molecule has 0 amide bonds. The van der Waals surface area contributed by atoms with Crippen LogP contribution in [0.5, 0.6) is 0 Å². The van der Waals surface area contributed by atoms with Gasteiger partial charge < -0.3 is 14.0 Å². The Balaban J connectivity index is 1.72. The molecule has 1 aromatic heterocycles. The number of hydrogen-bond acceptors (Lipinski definition) is 3. The van der Waals surface area contributed by atoms with Crippen LogP contribution in [0.15, 0.2) is 30.5 Å². The van der Waals surface area contributed by atoms with Crippen LogP contribution in [0.2, 0.25) is 0 Å². The van der Waals surface area contributed by atoms with Crippen molar-refractivity contribution in [1.29, 1.82) is 5.26 Å². The monoisotopic (exact) mass is 256 g/mol. The van der Waals surface area contributed by atoms with Crippen LogP contribution in [0, 0.1) is 11.3 Å². The molecule has 1 aromatic carbocycles. The molecule has 0 spiro atoms. The highest BCUT2D eigenvalue weighted by Gasteiger charge is 2.14. The lowest BCUT2D eigenvalue weighted by atomic mass is 10.2. The molecule has 19 heavy (non-hydrogen) atoms. The van der Waals surface area contributed by atoms with Gasteiger partial charge >= 0.3 is 0 Å². The largest absolute Gasteiger partial charge is 0.353 e. The summed E-state index contributed by atoms with van der Waals surface area (Å²) in [6.45, 7) is 2.45. The molecule has 4 nitrogen and oxygen atoms in total. The van der Waals surface area contributed by atoms with Crippen molar-refractivity contribution in [3.63, 3.8) is 0 Å². The maximum atomic E-state index is 8.89. The molecule has 0 aliphatic carbocycles. The van der Waals surface area contributed by atoms with Gasteiger partial charge in [0.2, 0.25) is 0 Å². The molecule has 1 saturated heterocycles. The summed E-state index contributed by atoms with van der Waals surface area (Å²) in [5.41, 5.74) is 1.85. The first kappa shape index (κ1) is 12.2. The van der Waals surface area contributed by atoms with E-state index in [1.807, 2.05) is 24.3 Å². The molecule has 1 aliphatic rings. The van der Waals surface area contributed by atoms with Crippen molar-refractivity contribution in [2.75, 3.05) is 13.2 Å². The molecule has 0 unspecified atom stereocenters. The average molecular weight is 256 g/mol. The highest BCUT2D eigenvalue weighted by atomic mass is 16.7. The fourth-order valence-electron chi connectivity index (χ4n) is 2.41. The quantitative estimate of drug-likeness (QED) is 0.848. The van der Waals surface area contributed by atoms with Crippen molar-refractivity contribution < 1.29 is 9.47 Å². The minimum atomic E-state index is -0.0791. The molecule has 1 aliphatic heterocycles. The van der Waals surface area contributed by atoms with Gasteiger partial charge in [-0.1, -0.05) is 0 Å². The number of hydrogen-bond donors (Lipinski definition) is 0. The summed E-state index contributed by atoms with van der Waals surface area (Å²) in [7, 11) is 0. The maximum Gasteiger partial charge on any atom is 0.159 e. The molecular weight excluding hydrogens is 240 g/mol. The Morgan fingerprint density at radius 3 is 2.89 bits per heavy atom. The van der Waals surface area contributed by atoms with Crippen molar-refractivity contribution in [3.05, 3.63) is 36.0 Å². The van der Waals surface area contributed by atoms with Gasteiger partial charge in [-0.05, 0) is 30.7 Å². The predicted octanol–water partition coefficient (Wildman–Crippen LogP) is 2.67. The van der Waals surface area contributed by atoms with Gasteiger partial charge in [0.1, 0.15) is 0 Å². The van der Waals surface area contributed by atoms with Crippen molar-refractivity contribution in [2.24, 2.45) is 0 Å². The zero-order valence-corrected chi connectivity index (χ0v) is 10.7. The second kappa shape index (κ2) is 5.43. The third-order valence-electron chi connectivity index (χ3n) is 3.40. The summed E-state index contributed by atoms with van der Waals surface area (Å²) in [4.78, 5) is 0. The summed E-state index contributed by atoms with van der Waals surface area (Å²) in [6.07, 6.45) is 3.81. The topological polar surface area (TPSA) is 47.2 Å². The molecule has 0 bridgehead atoms. The zero-order chi connectivity index (χ0) is 13.1. The van der Waals surface area contributed by atoms with Crippen LogP contribution < -0.4 is 0 Å². The summed E-state index contributed by atoms with van der Waals surface area (Å²) >= 11 is 0. The number of aromatic nitrogens is 1. The van der Waals surface area contributed by atoms with Crippen molar-refractivity contribution in [3.8, 4) is 6.07 Å². The average Bonchev–Trinajstić information content (AvgIpc) is 2.88. The van der Waals surface area contributed by atoms with E-state index in [-0.39, 0.29) is 6.29 Å². The second-order valence-electron chi connectivity index (χ2n) is 4.71. The third kappa shape index (κ3) is 2.62. The number of aryl methyl sites for hydroxylation is 1. The minimum Gasteiger partial charge on any atom is -0.353 e. The van der Waals surface area contributed by atoms with Crippen LogP contribution in [0.4, 0.5) is 0 Å². The molecule has 0 radical (unpaired) electrons. The lowest BCUT2D eigenvalue weighted by molar-refractivity contribution is -0.182. The Kier molecular flexibility index (Phi) is 3.49. The van der Waals surface area contributed by atoms with Crippen molar-refractivity contribution >= 4 is 10.9 Å². The van der Waals surface area contributed by atoms with E-state index in [2.05, 4.69) is 16.8 Å². The van der Waals surface area contributed by atoms with E-state index in [0.717, 1.165) is 43.5 Å². The summed E-state index contributed by atoms with van der Waals surface area (Å²) < 4.78 is 13.3. The van der Waals surface area contributed by atoms with E-state index >= 15 is 0 Å². The molecule has 0 saturated carbocycles. The summed E-state index contributed by atoms with van der Waals surface area (Å²) in [6, 6.07) is 9.97. The number of rotatable bonds is 3. The van der Waals surface area contributed by atoms with Crippen LogP contribution >= 0.6 is 0 Å². The van der Waals surface area contributed by atoms with E-state index in [1.165, 1.54) is 0 Å². The molecule has 1 fully saturated rings.